The van der Waals surface area contributed by atoms with E-state index in [-0.39, 0.29) is 53.3 Å². The zero-order valence-corrected chi connectivity index (χ0v) is 32.2. The number of nitrogens with zero attached hydrogens (tertiary/aromatic N) is 5. The summed E-state index contributed by atoms with van der Waals surface area (Å²) in [7, 11) is 2.07. The minimum absolute atomic E-state index is 0.0146. The number of aliphatic hydroxyl groups excluding tert-OH is 5. The first-order valence-electron chi connectivity index (χ1n) is 18.7. The molecule has 2 heterocycles. The minimum atomic E-state index is -1.70. The monoisotopic (exact) mass is 764 g/mol. The highest BCUT2D eigenvalue weighted by Gasteiger charge is 2.32. The van der Waals surface area contributed by atoms with Crippen molar-refractivity contribution in [2.45, 2.75) is 95.7 Å². The average molecular weight is 765 g/mol. The van der Waals surface area contributed by atoms with Crippen LogP contribution in [0.5, 0.6) is 0 Å². The summed E-state index contributed by atoms with van der Waals surface area (Å²) in [4.78, 5) is 40.5. The van der Waals surface area contributed by atoms with Gasteiger partial charge in [0.1, 0.15) is 18.3 Å². The van der Waals surface area contributed by atoms with Crippen LogP contribution in [0.25, 0.3) is 0 Å². The van der Waals surface area contributed by atoms with E-state index >= 15 is 0 Å². The van der Waals surface area contributed by atoms with Crippen molar-refractivity contribution in [2.75, 3.05) is 70.9 Å². The molecule has 1 saturated heterocycles. The third-order valence-electron chi connectivity index (χ3n) is 10.2. The Kier molecular flexibility index (Phi) is 18.6. The zero-order chi connectivity index (χ0) is 39.1. The smallest absolute Gasteiger partial charge is 0.273 e. The number of aryl methyl sites for hydroxylation is 1. The average Bonchev–Trinajstić information content (AvgIpc) is 3.15. The number of anilines is 2. The largest absolute Gasteiger partial charge is 0.394 e. The number of halogens is 1. The summed E-state index contributed by atoms with van der Waals surface area (Å²) < 4.78 is 0. The van der Waals surface area contributed by atoms with Crippen molar-refractivity contribution in [1.82, 2.24) is 30.0 Å². The molecule has 1 aromatic carbocycles. The van der Waals surface area contributed by atoms with Gasteiger partial charge < -0.3 is 57.0 Å². The number of rotatable bonds is 22. The van der Waals surface area contributed by atoms with Crippen molar-refractivity contribution >= 4 is 35.1 Å². The number of piperidine rings is 1. The van der Waals surface area contributed by atoms with E-state index in [1.54, 1.807) is 0 Å². The van der Waals surface area contributed by atoms with Gasteiger partial charge in [0.25, 0.3) is 5.91 Å². The Morgan fingerprint density at radius 2 is 1.66 bits per heavy atom. The first kappa shape index (κ1) is 44.2. The molecule has 0 aliphatic carbocycles. The fourth-order valence-corrected chi connectivity index (χ4v) is 6.92. The molecule has 16 heteroatoms. The van der Waals surface area contributed by atoms with Crippen LogP contribution in [0.2, 0.25) is 5.15 Å². The zero-order valence-electron chi connectivity index (χ0n) is 31.4. The summed E-state index contributed by atoms with van der Waals surface area (Å²) >= 11 is 6.01. The lowest BCUT2D eigenvalue weighted by atomic mass is 9.94. The number of benzene rings is 1. The van der Waals surface area contributed by atoms with Gasteiger partial charge >= 0.3 is 0 Å². The van der Waals surface area contributed by atoms with E-state index < -0.39 is 36.9 Å². The summed E-state index contributed by atoms with van der Waals surface area (Å²) in [6.45, 7) is 6.71. The van der Waals surface area contributed by atoms with Crippen LogP contribution in [0, 0.1) is 12.8 Å². The Balaban J connectivity index is 1.57. The van der Waals surface area contributed by atoms with Gasteiger partial charge in [0, 0.05) is 51.7 Å². The maximum atomic E-state index is 13.4. The maximum absolute atomic E-state index is 13.4. The SMILES string of the molecule is CCCCCCN(CCC(=O)N1CCC(N(C)CC(CNC(=O)c2nc(Cl)c(N)nc2N)Cc2ccccc2C)CC1)C[C@H](O)[C@@H](O)[C@H](O)[C@H](O)CO. The second kappa shape index (κ2) is 22.3. The number of nitrogens with one attached hydrogen (secondary N) is 1. The molecule has 298 valence electrons. The van der Waals surface area contributed by atoms with E-state index in [1.165, 1.54) is 11.1 Å². The summed E-state index contributed by atoms with van der Waals surface area (Å²) in [5, 5.41) is 52.7. The van der Waals surface area contributed by atoms with Crippen molar-refractivity contribution < 1.29 is 35.1 Å². The number of carbonyl (C=O) groups excluding carboxylic acids is 2. The summed E-state index contributed by atoms with van der Waals surface area (Å²) in [6.07, 6.45) is 0.244. The molecule has 0 radical (unpaired) electrons. The van der Waals surface area contributed by atoms with Gasteiger partial charge in [-0.1, -0.05) is 62.1 Å². The number of nitrogens with two attached hydrogens (primary N) is 2. The molecular weight excluding hydrogens is 704 g/mol. The van der Waals surface area contributed by atoms with Crippen molar-refractivity contribution in [1.29, 1.82) is 0 Å². The fourth-order valence-electron chi connectivity index (χ4n) is 6.80. The minimum Gasteiger partial charge on any atom is -0.394 e. The molecule has 53 heavy (non-hydrogen) atoms. The molecule has 10 N–H and O–H groups in total. The van der Waals surface area contributed by atoms with E-state index in [9.17, 15) is 30.0 Å². The van der Waals surface area contributed by atoms with Gasteiger partial charge in [-0.25, -0.2) is 9.97 Å². The molecule has 15 nitrogen and oxygen atoms in total. The first-order chi connectivity index (χ1) is 25.2. The lowest BCUT2D eigenvalue weighted by Gasteiger charge is -2.38. The number of aromatic nitrogens is 2. The summed E-state index contributed by atoms with van der Waals surface area (Å²) in [5.41, 5.74) is 13.9. The number of unbranched alkanes of at least 4 members (excludes halogenated alkanes) is 3. The maximum Gasteiger partial charge on any atom is 0.273 e. The Labute approximate surface area is 318 Å². The molecule has 1 unspecified atom stereocenters. The summed E-state index contributed by atoms with van der Waals surface area (Å²) in [5.74, 6) is -0.555. The Bertz CT molecular complexity index is 1430. The second-order valence-corrected chi connectivity index (χ2v) is 14.7. The Morgan fingerprint density at radius 1 is 0.981 bits per heavy atom. The molecule has 2 amide bonds. The number of nitrogen functional groups attached to an aromatic ring is 2. The molecular formula is C37H61ClN8O7. The third-order valence-corrected chi connectivity index (χ3v) is 10.4. The molecule has 0 bridgehead atoms. The lowest BCUT2D eigenvalue weighted by molar-refractivity contribution is -0.133. The third kappa shape index (κ3) is 13.9. The lowest BCUT2D eigenvalue weighted by Crippen LogP contribution is -2.50. The van der Waals surface area contributed by atoms with E-state index in [4.69, 9.17) is 28.2 Å². The number of aliphatic hydroxyl groups is 5. The molecule has 1 fully saturated rings. The predicted molar refractivity (Wildman–Crippen MR) is 205 cm³/mol. The number of amides is 2. The van der Waals surface area contributed by atoms with Crippen LogP contribution in [0.1, 0.15) is 73.5 Å². The van der Waals surface area contributed by atoms with Gasteiger partial charge in [0.15, 0.2) is 22.5 Å². The number of likely N-dealkylation sites (tertiary alicyclic amines) is 1. The van der Waals surface area contributed by atoms with Gasteiger partial charge in [-0.3, -0.25) is 9.59 Å². The van der Waals surface area contributed by atoms with Crippen LogP contribution in [0.3, 0.4) is 0 Å². The van der Waals surface area contributed by atoms with E-state index in [2.05, 4.69) is 53.2 Å². The van der Waals surface area contributed by atoms with Crippen LogP contribution in [-0.4, -0.2) is 152 Å². The Hall–Kier alpha value is -3.15. The second-order valence-electron chi connectivity index (χ2n) is 14.3. The highest BCUT2D eigenvalue weighted by Crippen LogP contribution is 2.21. The quantitative estimate of drug-likeness (QED) is 0.0777. The number of hydrogen-bond acceptors (Lipinski definition) is 13. The first-order valence-corrected chi connectivity index (χ1v) is 19.1. The standard InChI is InChI=1S/C37H61ClN8O7/c1-4-5-6-9-15-45(22-28(48)32(51)33(52)29(49)23-47)16-14-30(50)46-17-12-27(13-18-46)44(3)21-25(19-26-11-8-7-10-24(26)2)20-41-37(53)31-35(39)43-36(40)34(38)42-31/h7-8,10-11,25,27-29,32-33,47-49,51-52H,4-6,9,12-23H2,1-3H3,(H,41,53)(H4,39,40,43)/t25?,28-,29+,32+,33+/m0/s1. The fraction of sp³-hybridized carbons (Fsp3) is 0.676. The van der Waals surface area contributed by atoms with Gasteiger partial charge in [0.05, 0.1) is 12.7 Å². The number of carbonyl (C=O) groups is 2. The number of hydrogen-bond donors (Lipinski definition) is 8. The van der Waals surface area contributed by atoms with Crippen molar-refractivity contribution in [3.8, 4) is 0 Å². The van der Waals surface area contributed by atoms with Crippen LogP contribution in [0.4, 0.5) is 11.6 Å². The van der Waals surface area contributed by atoms with Crippen molar-refractivity contribution in [3.63, 3.8) is 0 Å². The summed E-state index contributed by atoms with van der Waals surface area (Å²) in [6, 6.07) is 8.41. The van der Waals surface area contributed by atoms with Gasteiger partial charge in [-0.2, -0.15) is 0 Å². The van der Waals surface area contributed by atoms with E-state index in [0.29, 0.717) is 39.3 Å². The van der Waals surface area contributed by atoms with Gasteiger partial charge in [0.2, 0.25) is 5.91 Å². The van der Waals surface area contributed by atoms with Gasteiger partial charge in [-0.05, 0) is 63.2 Å². The van der Waals surface area contributed by atoms with Crippen LogP contribution in [-0.2, 0) is 11.2 Å². The Morgan fingerprint density at radius 3 is 2.32 bits per heavy atom. The highest BCUT2D eigenvalue weighted by molar-refractivity contribution is 6.31. The molecule has 3 rings (SSSR count). The van der Waals surface area contributed by atoms with Gasteiger partial charge in [-0.15, -0.1) is 0 Å². The van der Waals surface area contributed by atoms with Crippen LogP contribution in [0.15, 0.2) is 24.3 Å². The van der Waals surface area contributed by atoms with Crippen molar-refractivity contribution in [3.05, 3.63) is 46.2 Å². The molecule has 0 spiro atoms. The topological polar surface area (TPSA) is 235 Å². The molecule has 1 aliphatic rings. The van der Waals surface area contributed by atoms with Crippen LogP contribution >= 0.6 is 11.6 Å². The molecule has 5 atom stereocenters. The predicted octanol–water partition coefficient (Wildman–Crippen LogP) is 0.823. The molecule has 2 aromatic rings. The molecule has 0 saturated carbocycles. The molecule has 1 aliphatic heterocycles. The highest BCUT2D eigenvalue weighted by atomic mass is 35.5. The van der Waals surface area contributed by atoms with E-state index in [0.717, 1.165) is 44.9 Å². The van der Waals surface area contributed by atoms with E-state index in [1.807, 2.05) is 21.9 Å². The van der Waals surface area contributed by atoms with Crippen molar-refractivity contribution in [2.24, 2.45) is 5.92 Å². The van der Waals surface area contributed by atoms with Crippen LogP contribution < -0.4 is 16.8 Å². The molecule has 1 aromatic heterocycles. The normalized spacial score (nSPS) is 16.8.